The summed E-state index contributed by atoms with van der Waals surface area (Å²) in [6.07, 6.45) is 36.7. The van der Waals surface area contributed by atoms with Crippen LogP contribution >= 0.6 is 0 Å². The molecule has 0 aliphatic rings. The summed E-state index contributed by atoms with van der Waals surface area (Å²) >= 11 is 0. The Bertz CT molecular complexity index is 962. The van der Waals surface area contributed by atoms with Gasteiger partial charge < -0.3 is 0 Å². The van der Waals surface area contributed by atoms with Gasteiger partial charge in [-0.15, -0.1) is 0 Å². The first-order chi connectivity index (χ1) is 22.3. The molecule has 0 radical (unpaired) electrons. The fourth-order valence-electron chi connectivity index (χ4n) is 6.29. The lowest BCUT2D eigenvalue weighted by atomic mass is 9.99. The van der Waals surface area contributed by atoms with Crippen molar-refractivity contribution >= 4 is 22.8 Å². The Balaban J connectivity index is 1.68. The minimum Gasteiger partial charge on any atom is -0.252 e. The highest BCUT2D eigenvalue weighted by atomic mass is 14.8. The monoisotopic (exact) mass is 615 g/mol. The molecule has 0 unspecified atom stereocenters. The van der Waals surface area contributed by atoms with Crippen molar-refractivity contribution < 1.29 is 0 Å². The summed E-state index contributed by atoms with van der Waals surface area (Å²) in [6.45, 7) is 4.59. The van der Waals surface area contributed by atoms with Crippen molar-refractivity contribution in [1.82, 2.24) is 0 Å². The number of nitrogens with zero attached hydrogens (tertiary/aromatic N) is 2. The van der Waals surface area contributed by atoms with E-state index in [0.29, 0.717) is 0 Å². The first kappa shape index (κ1) is 39.0. The quantitative estimate of drug-likeness (QED) is 0.0618. The number of benzene rings is 2. The molecule has 0 saturated heterocycles. The first-order valence-electron chi connectivity index (χ1n) is 19.6. The van der Waals surface area contributed by atoms with Gasteiger partial charge in [-0.1, -0.05) is 198 Å². The normalized spacial score (nSPS) is 12.2. The zero-order valence-corrected chi connectivity index (χ0v) is 29.8. The lowest BCUT2D eigenvalue weighted by molar-refractivity contribution is 0.524. The summed E-state index contributed by atoms with van der Waals surface area (Å²) in [5.74, 6) is 0. The summed E-state index contributed by atoms with van der Waals surface area (Å²) in [5, 5.41) is 0. The van der Waals surface area contributed by atoms with Gasteiger partial charge in [0.1, 0.15) is 0 Å². The first-order valence-corrected chi connectivity index (χ1v) is 19.6. The van der Waals surface area contributed by atoms with Crippen molar-refractivity contribution in [3.05, 3.63) is 60.7 Å². The Morgan fingerprint density at radius 3 is 0.844 bits per heavy atom. The van der Waals surface area contributed by atoms with E-state index < -0.39 is 0 Å². The molecule has 0 spiro atoms. The summed E-state index contributed by atoms with van der Waals surface area (Å²) in [6, 6.07) is 21.0. The lowest BCUT2D eigenvalue weighted by Crippen LogP contribution is -2.14. The Hall–Kier alpha value is -2.22. The average molecular weight is 615 g/mol. The molecule has 0 fully saturated rings. The molecule has 0 aliphatic carbocycles. The molecule has 0 heterocycles. The Morgan fingerprint density at radius 1 is 0.333 bits per heavy atom. The van der Waals surface area contributed by atoms with Crippen LogP contribution in [0.2, 0.25) is 0 Å². The van der Waals surface area contributed by atoms with Crippen LogP contribution in [-0.4, -0.2) is 11.4 Å². The second-order valence-electron chi connectivity index (χ2n) is 13.4. The van der Waals surface area contributed by atoms with Crippen LogP contribution in [0.3, 0.4) is 0 Å². The van der Waals surface area contributed by atoms with Crippen LogP contribution in [0.25, 0.3) is 0 Å². The number of aliphatic imine (C=N–C) groups is 2. The van der Waals surface area contributed by atoms with Crippen LogP contribution in [0.15, 0.2) is 70.6 Å². The molecule has 2 nitrogen and oxygen atoms in total. The molecule has 2 rings (SSSR count). The topological polar surface area (TPSA) is 24.7 Å². The van der Waals surface area contributed by atoms with Crippen molar-refractivity contribution in [2.24, 2.45) is 9.98 Å². The highest BCUT2D eigenvalue weighted by Gasteiger charge is 2.11. The van der Waals surface area contributed by atoms with Crippen LogP contribution in [0.5, 0.6) is 0 Å². The van der Waals surface area contributed by atoms with Gasteiger partial charge in [0, 0.05) is 0 Å². The molecule has 2 aromatic rings. The van der Waals surface area contributed by atoms with Crippen molar-refractivity contribution in [2.75, 3.05) is 0 Å². The fourth-order valence-corrected chi connectivity index (χ4v) is 6.29. The molecular weight excluding hydrogens is 544 g/mol. The number of rotatable bonds is 30. The average Bonchev–Trinajstić information content (AvgIpc) is 3.07. The lowest BCUT2D eigenvalue weighted by Gasteiger charge is -2.12. The largest absolute Gasteiger partial charge is 0.252 e. The van der Waals surface area contributed by atoms with Crippen LogP contribution in [0, 0.1) is 0 Å². The third-order valence-corrected chi connectivity index (χ3v) is 9.16. The molecule has 0 saturated carbocycles. The maximum atomic E-state index is 5.19. The minimum atomic E-state index is 1.02. The highest BCUT2D eigenvalue weighted by molar-refractivity contribution is 6.43. The smallest absolute Gasteiger partial charge is 0.0633 e. The van der Waals surface area contributed by atoms with E-state index in [0.717, 1.165) is 24.2 Å². The number of unbranched alkanes of at least 4 members (excludes halogenated alkanes) is 23. The fraction of sp³-hybridized carbons (Fsp3) is 0.674. The third kappa shape index (κ3) is 22.0. The molecule has 0 amide bonds. The van der Waals surface area contributed by atoms with E-state index in [2.05, 4.69) is 74.5 Å². The SMILES string of the molecule is CCCCCCCCCCCCCCCCCCCCCC(=Nc1ccccc1)C(CCCCCCCC)=Nc1ccccc1. The highest BCUT2D eigenvalue weighted by Crippen LogP contribution is 2.20. The molecule has 45 heavy (non-hydrogen) atoms. The molecular formula is C43H70N2. The number of para-hydroxylation sites is 2. The van der Waals surface area contributed by atoms with E-state index in [9.17, 15) is 0 Å². The van der Waals surface area contributed by atoms with Gasteiger partial charge in [0.05, 0.1) is 22.8 Å². The van der Waals surface area contributed by atoms with Crippen molar-refractivity contribution in [1.29, 1.82) is 0 Å². The van der Waals surface area contributed by atoms with E-state index in [4.69, 9.17) is 9.98 Å². The summed E-state index contributed by atoms with van der Waals surface area (Å²) < 4.78 is 0. The zero-order chi connectivity index (χ0) is 31.9. The summed E-state index contributed by atoms with van der Waals surface area (Å²) in [5.41, 5.74) is 4.50. The molecule has 2 heteroatoms. The molecule has 0 bridgehead atoms. The Labute approximate surface area is 280 Å². The zero-order valence-electron chi connectivity index (χ0n) is 29.8. The standard InChI is InChI=1S/C43H70N2/c1-3-5-7-9-11-12-13-14-15-16-17-18-19-20-21-22-23-25-33-39-43(45-41-36-30-27-31-37-41)42(38-32-24-10-8-6-4-2)44-40-34-28-26-29-35-40/h26-31,34-37H,3-25,32-33,38-39H2,1-2H3. The van der Waals surface area contributed by atoms with E-state index in [1.807, 2.05) is 0 Å². The molecule has 0 N–H and O–H groups in total. The predicted molar refractivity (Wildman–Crippen MR) is 203 cm³/mol. The molecule has 0 aromatic heterocycles. The molecule has 252 valence electrons. The molecule has 2 aromatic carbocycles. The maximum absolute atomic E-state index is 5.19. The van der Waals surface area contributed by atoms with Crippen molar-refractivity contribution in [2.45, 2.75) is 187 Å². The maximum Gasteiger partial charge on any atom is 0.0633 e. The van der Waals surface area contributed by atoms with Crippen LogP contribution in [0.4, 0.5) is 11.4 Å². The molecule has 0 atom stereocenters. The van der Waals surface area contributed by atoms with Gasteiger partial charge in [0.15, 0.2) is 0 Å². The van der Waals surface area contributed by atoms with E-state index in [1.165, 1.54) is 172 Å². The molecule has 0 aliphatic heterocycles. The summed E-state index contributed by atoms with van der Waals surface area (Å²) in [4.78, 5) is 10.4. The van der Waals surface area contributed by atoms with Gasteiger partial charge in [-0.25, -0.2) is 0 Å². The Kier molecular flexibility index (Phi) is 25.3. The van der Waals surface area contributed by atoms with Gasteiger partial charge in [-0.3, -0.25) is 9.98 Å². The van der Waals surface area contributed by atoms with Gasteiger partial charge in [0.2, 0.25) is 0 Å². The third-order valence-electron chi connectivity index (χ3n) is 9.16. The number of hydrogen-bond acceptors (Lipinski definition) is 2. The second-order valence-corrected chi connectivity index (χ2v) is 13.4. The van der Waals surface area contributed by atoms with Gasteiger partial charge in [-0.2, -0.15) is 0 Å². The van der Waals surface area contributed by atoms with Gasteiger partial charge >= 0.3 is 0 Å². The van der Waals surface area contributed by atoms with Gasteiger partial charge in [-0.05, 0) is 49.9 Å². The second kappa shape index (κ2) is 29.2. The minimum absolute atomic E-state index is 1.02. The van der Waals surface area contributed by atoms with Crippen LogP contribution < -0.4 is 0 Å². The van der Waals surface area contributed by atoms with E-state index in [-0.39, 0.29) is 0 Å². The van der Waals surface area contributed by atoms with Crippen LogP contribution in [-0.2, 0) is 0 Å². The van der Waals surface area contributed by atoms with Crippen molar-refractivity contribution in [3.8, 4) is 0 Å². The van der Waals surface area contributed by atoms with Crippen molar-refractivity contribution in [3.63, 3.8) is 0 Å². The van der Waals surface area contributed by atoms with Crippen LogP contribution in [0.1, 0.15) is 187 Å². The van der Waals surface area contributed by atoms with E-state index in [1.54, 1.807) is 0 Å². The van der Waals surface area contributed by atoms with Gasteiger partial charge in [0.25, 0.3) is 0 Å². The van der Waals surface area contributed by atoms with E-state index >= 15 is 0 Å². The summed E-state index contributed by atoms with van der Waals surface area (Å²) in [7, 11) is 0. The predicted octanol–water partition coefficient (Wildman–Crippen LogP) is 15.1. The Morgan fingerprint density at radius 2 is 0.578 bits per heavy atom. The number of hydrogen-bond donors (Lipinski definition) is 0.